The summed E-state index contributed by atoms with van der Waals surface area (Å²) in [4.78, 5) is 9.56. The van der Waals surface area contributed by atoms with E-state index in [1.807, 2.05) is 0 Å². The summed E-state index contributed by atoms with van der Waals surface area (Å²) in [5.41, 5.74) is 2.39. The molecule has 0 aromatic heterocycles. The predicted molar refractivity (Wildman–Crippen MR) is 38.2 cm³/mol. The van der Waals surface area contributed by atoms with Crippen molar-refractivity contribution in [2.75, 3.05) is 0 Å². The standard InChI is InChI=1S/C4H5N3O2S/c8-7(9)4-2-1-3-6(10)5-4/h1-3,5,10H. The topological polar surface area (TPSA) is 58.4 Å². The Morgan fingerprint density at radius 2 is 2.50 bits per heavy atom. The highest BCUT2D eigenvalue weighted by Gasteiger charge is 2.11. The number of rotatable bonds is 1. The Bertz CT molecular complexity index is 213. The van der Waals surface area contributed by atoms with Gasteiger partial charge in [0.15, 0.2) is 0 Å². The fourth-order valence-corrected chi connectivity index (χ4v) is 0.689. The molecule has 0 unspecified atom stereocenters. The maximum absolute atomic E-state index is 10.1. The Balaban J connectivity index is 2.71. The Morgan fingerprint density at radius 1 is 1.80 bits per heavy atom. The Morgan fingerprint density at radius 3 is 2.90 bits per heavy atom. The van der Waals surface area contributed by atoms with Crippen LogP contribution in [-0.2, 0) is 0 Å². The van der Waals surface area contributed by atoms with Crippen molar-refractivity contribution in [2.24, 2.45) is 0 Å². The summed E-state index contributed by atoms with van der Waals surface area (Å²) < 4.78 is 1.21. The number of nitro groups is 1. The van der Waals surface area contributed by atoms with Crippen LogP contribution in [0.15, 0.2) is 24.2 Å². The molecule has 0 saturated heterocycles. The van der Waals surface area contributed by atoms with Crippen LogP contribution in [0.25, 0.3) is 0 Å². The van der Waals surface area contributed by atoms with E-state index in [0.717, 1.165) is 0 Å². The molecule has 0 fully saturated rings. The van der Waals surface area contributed by atoms with Gasteiger partial charge >= 0.3 is 5.82 Å². The number of hydrazine groups is 1. The minimum Gasteiger partial charge on any atom is -0.358 e. The number of nitrogens with zero attached hydrogens (tertiary/aromatic N) is 2. The summed E-state index contributed by atoms with van der Waals surface area (Å²) in [5.74, 6) is -0.0856. The zero-order valence-electron chi connectivity index (χ0n) is 4.89. The quantitative estimate of drug-likeness (QED) is 0.328. The second-order valence-corrected chi connectivity index (χ2v) is 2.04. The fraction of sp³-hybridized carbons (Fsp3) is 0. The maximum atomic E-state index is 10.1. The van der Waals surface area contributed by atoms with Crippen molar-refractivity contribution >= 4 is 12.8 Å². The summed E-state index contributed by atoms with van der Waals surface area (Å²) in [6, 6.07) is 0. The molecule has 6 heteroatoms. The van der Waals surface area contributed by atoms with Gasteiger partial charge < -0.3 is 10.1 Å². The van der Waals surface area contributed by atoms with Crippen molar-refractivity contribution in [3.63, 3.8) is 0 Å². The lowest BCUT2D eigenvalue weighted by Crippen LogP contribution is -2.30. The molecule has 0 radical (unpaired) electrons. The molecule has 0 saturated carbocycles. The van der Waals surface area contributed by atoms with Gasteiger partial charge in [0.05, 0.1) is 6.20 Å². The number of nitrogens with one attached hydrogen (secondary N) is 1. The van der Waals surface area contributed by atoms with Gasteiger partial charge in [0, 0.05) is 6.08 Å². The number of hydrogen-bond acceptors (Lipinski definition) is 5. The van der Waals surface area contributed by atoms with E-state index < -0.39 is 4.92 Å². The van der Waals surface area contributed by atoms with E-state index in [-0.39, 0.29) is 5.82 Å². The molecule has 10 heavy (non-hydrogen) atoms. The average Bonchev–Trinajstić information content (AvgIpc) is 1.88. The lowest BCUT2D eigenvalue weighted by molar-refractivity contribution is -0.434. The van der Waals surface area contributed by atoms with Crippen molar-refractivity contribution in [3.8, 4) is 0 Å². The average molecular weight is 159 g/mol. The van der Waals surface area contributed by atoms with E-state index in [1.54, 1.807) is 6.20 Å². The lowest BCUT2D eigenvalue weighted by Gasteiger charge is -2.11. The molecule has 0 atom stereocenters. The van der Waals surface area contributed by atoms with E-state index >= 15 is 0 Å². The van der Waals surface area contributed by atoms with Gasteiger partial charge in [-0.15, -0.1) is 0 Å². The zero-order valence-corrected chi connectivity index (χ0v) is 5.78. The summed E-state index contributed by atoms with van der Waals surface area (Å²) in [6.45, 7) is 0. The monoisotopic (exact) mass is 159 g/mol. The molecule has 0 aromatic rings. The number of thiol groups is 1. The molecule has 5 nitrogen and oxygen atoms in total. The van der Waals surface area contributed by atoms with E-state index in [2.05, 4.69) is 18.2 Å². The first-order valence-corrected chi connectivity index (χ1v) is 2.88. The predicted octanol–water partition coefficient (Wildman–Crippen LogP) is 0.283. The van der Waals surface area contributed by atoms with Crippen LogP contribution in [0.3, 0.4) is 0 Å². The van der Waals surface area contributed by atoms with Crippen molar-refractivity contribution < 1.29 is 4.92 Å². The van der Waals surface area contributed by atoms with Crippen molar-refractivity contribution in [1.29, 1.82) is 0 Å². The first-order valence-electron chi connectivity index (χ1n) is 2.48. The molecule has 1 heterocycles. The fourth-order valence-electron chi connectivity index (χ4n) is 0.509. The highest BCUT2D eigenvalue weighted by Crippen LogP contribution is 2.02. The summed E-state index contributed by atoms with van der Waals surface area (Å²) in [5, 5.41) is 10.1. The van der Waals surface area contributed by atoms with Crippen molar-refractivity contribution in [1.82, 2.24) is 9.84 Å². The van der Waals surface area contributed by atoms with E-state index in [9.17, 15) is 10.1 Å². The molecule has 1 N–H and O–H groups in total. The molecule has 0 bridgehead atoms. The van der Waals surface area contributed by atoms with Crippen LogP contribution >= 0.6 is 12.8 Å². The van der Waals surface area contributed by atoms with Crippen LogP contribution in [-0.4, -0.2) is 9.34 Å². The third-order valence-corrected chi connectivity index (χ3v) is 1.14. The zero-order chi connectivity index (χ0) is 7.56. The number of hydrogen-bond donors (Lipinski definition) is 2. The Labute approximate surface area is 62.7 Å². The van der Waals surface area contributed by atoms with E-state index in [1.165, 1.54) is 16.6 Å². The first-order chi connectivity index (χ1) is 4.70. The summed E-state index contributed by atoms with van der Waals surface area (Å²) in [7, 11) is 0. The first kappa shape index (κ1) is 6.94. The van der Waals surface area contributed by atoms with Gasteiger partial charge in [0.1, 0.15) is 0 Å². The van der Waals surface area contributed by atoms with Crippen molar-refractivity contribution in [2.45, 2.75) is 0 Å². The van der Waals surface area contributed by atoms with Crippen LogP contribution in [0, 0.1) is 10.1 Å². The molecule has 0 aromatic carbocycles. The minimum absolute atomic E-state index is 0.0856. The maximum Gasteiger partial charge on any atom is 0.339 e. The normalized spacial score (nSPS) is 16.1. The summed E-state index contributed by atoms with van der Waals surface area (Å²) >= 11 is 3.81. The van der Waals surface area contributed by atoms with E-state index in [0.29, 0.717) is 0 Å². The smallest absolute Gasteiger partial charge is 0.339 e. The van der Waals surface area contributed by atoms with Crippen LogP contribution in [0.1, 0.15) is 0 Å². The van der Waals surface area contributed by atoms with Gasteiger partial charge in [0.2, 0.25) is 0 Å². The minimum atomic E-state index is -0.521. The molecule has 0 amide bonds. The SMILES string of the molecule is O=[N+]([O-])C1=CC=CN(S)N1. The lowest BCUT2D eigenvalue weighted by atomic mass is 10.5. The van der Waals surface area contributed by atoms with Crippen LogP contribution < -0.4 is 5.43 Å². The van der Waals surface area contributed by atoms with Crippen molar-refractivity contribution in [3.05, 3.63) is 34.3 Å². The van der Waals surface area contributed by atoms with Gasteiger partial charge in [0.25, 0.3) is 0 Å². The second kappa shape index (κ2) is 2.61. The van der Waals surface area contributed by atoms with Crippen LogP contribution in [0.5, 0.6) is 0 Å². The van der Waals surface area contributed by atoms with Crippen LogP contribution in [0.4, 0.5) is 0 Å². The third kappa shape index (κ3) is 1.41. The highest BCUT2D eigenvalue weighted by atomic mass is 32.1. The van der Waals surface area contributed by atoms with Gasteiger partial charge in [-0.05, 0) is 23.8 Å². The largest absolute Gasteiger partial charge is 0.358 e. The molecule has 0 aliphatic carbocycles. The Hall–Kier alpha value is -1.17. The Kier molecular flexibility index (Phi) is 1.81. The van der Waals surface area contributed by atoms with E-state index in [4.69, 9.17) is 0 Å². The number of allylic oxidation sites excluding steroid dienone is 2. The van der Waals surface area contributed by atoms with Gasteiger partial charge in [-0.25, -0.2) is 0 Å². The molecule has 1 rings (SSSR count). The molecule has 1 aliphatic heterocycles. The van der Waals surface area contributed by atoms with Crippen LogP contribution in [0.2, 0.25) is 0 Å². The molecular weight excluding hydrogens is 154 g/mol. The highest BCUT2D eigenvalue weighted by molar-refractivity contribution is 7.77. The third-order valence-electron chi connectivity index (χ3n) is 0.907. The molecule has 0 spiro atoms. The van der Waals surface area contributed by atoms with Gasteiger partial charge in [-0.2, -0.15) is 9.84 Å². The second-order valence-electron chi connectivity index (χ2n) is 1.61. The molecule has 1 aliphatic rings. The summed E-state index contributed by atoms with van der Waals surface area (Å²) in [6.07, 6.45) is 4.43. The van der Waals surface area contributed by atoms with Gasteiger partial charge in [-0.3, -0.25) is 0 Å². The van der Waals surface area contributed by atoms with Gasteiger partial charge in [-0.1, -0.05) is 0 Å². The molecular formula is C4H5N3O2S. The molecule has 54 valence electrons.